The number of hydrogen-bond donors (Lipinski definition) is 2. The summed E-state index contributed by atoms with van der Waals surface area (Å²) in [4.78, 5) is 32.9. The van der Waals surface area contributed by atoms with Crippen molar-refractivity contribution in [2.75, 3.05) is 64.3 Å². The first-order chi connectivity index (χ1) is 15.7. The molecule has 9 nitrogen and oxygen atoms in total. The third-order valence-electron chi connectivity index (χ3n) is 6.08. The van der Waals surface area contributed by atoms with Crippen molar-refractivity contribution >= 4 is 11.7 Å². The molecule has 3 heterocycles. The number of aromatic nitrogens is 2. The highest BCUT2D eigenvalue weighted by atomic mass is 16.5. The van der Waals surface area contributed by atoms with Gasteiger partial charge in [0.15, 0.2) is 0 Å². The van der Waals surface area contributed by atoms with Crippen molar-refractivity contribution < 1.29 is 9.53 Å². The Kier molecular flexibility index (Phi) is 7.87. The summed E-state index contributed by atoms with van der Waals surface area (Å²) in [6, 6.07) is 9.04. The normalized spacial score (nSPS) is 19.7. The fourth-order valence-electron chi connectivity index (χ4n) is 4.25. The smallest absolute Gasteiger partial charge is 0.347 e. The standard InChI is InChI=1S/C23H32N6O3/c30-22(25-16-20-5-8-28(17-20)10-9-27-11-13-32-14-12-27)26-21-4-1-3-19(15-21)18-29-7-2-6-24-23(29)31/h1-4,6-7,15,20H,5,8-14,16-18H2,(H2,25,26,30)/t20-/m0/s1. The van der Waals surface area contributed by atoms with Crippen LogP contribution in [0.3, 0.4) is 0 Å². The number of benzene rings is 1. The van der Waals surface area contributed by atoms with Gasteiger partial charge in [-0.2, -0.15) is 0 Å². The topological polar surface area (TPSA) is 91.7 Å². The number of carbonyl (C=O) groups excluding carboxylic acids is 1. The van der Waals surface area contributed by atoms with Crippen LogP contribution in [0.1, 0.15) is 12.0 Å². The maximum absolute atomic E-state index is 12.4. The van der Waals surface area contributed by atoms with Crippen LogP contribution in [0, 0.1) is 5.92 Å². The first-order valence-corrected chi connectivity index (χ1v) is 11.3. The van der Waals surface area contributed by atoms with E-state index in [0.717, 1.165) is 64.5 Å². The Morgan fingerprint density at radius 1 is 1.12 bits per heavy atom. The molecular formula is C23H32N6O3. The summed E-state index contributed by atoms with van der Waals surface area (Å²) >= 11 is 0. The summed E-state index contributed by atoms with van der Waals surface area (Å²) in [5.74, 6) is 0.481. The van der Waals surface area contributed by atoms with Gasteiger partial charge in [-0.1, -0.05) is 12.1 Å². The van der Waals surface area contributed by atoms with E-state index in [1.165, 1.54) is 10.8 Å². The van der Waals surface area contributed by atoms with Gasteiger partial charge in [-0.05, 0) is 42.6 Å². The molecule has 1 atom stereocenters. The maximum Gasteiger partial charge on any atom is 0.347 e. The van der Waals surface area contributed by atoms with Gasteiger partial charge in [0.25, 0.3) is 0 Å². The highest BCUT2D eigenvalue weighted by Gasteiger charge is 2.23. The van der Waals surface area contributed by atoms with Gasteiger partial charge >= 0.3 is 11.7 Å². The minimum atomic E-state index is -0.292. The Bertz CT molecular complexity index is 943. The Balaban J connectivity index is 1.18. The predicted octanol–water partition coefficient (Wildman–Crippen LogP) is 1.07. The molecular weight excluding hydrogens is 408 g/mol. The van der Waals surface area contributed by atoms with Crippen LogP contribution in [0.15, 0.2) is 47.5 Å². The highest BCUT2D eigenvalue weighted by Crippen LogP contribution is 2.16. The predicted molar refractivity (Wildman–Crippen MR) is 123 cm³/mol. The number of nitrogens with zero attached hydrogens (tertiary/aromatic N) is 4. The summed E-state index contributed by atoms with van der Waals surface area (Å²) in [7, 11) is 0. The monoisotopic (exact) mass is 440 g/mol. The molecule has 2 aromatic rings. The molecule has 2 aliphatic rings. The lowest BCUT2D eigenvalue weighted by Gasteiger charge is -2.28. The van der Waals surface area contributed by atoms with E-state index < -0.39 is 0 Å². The van der Waals surface area contributed by atoms with Crippen LogP contribution in [-0.4, -0.2) is 84.4 Å². The second kappa shape index (κ2) is 11.2. The van der Waals surface area contributed by atoms with Crippen LogP contribution < -0.4 is 16.3 Å². The maximum atomic E-state index is 12.4. The lowest BCUT2D eigenvalue weighted by molar-refractivity contribution is 0.0343. The molecule has 0 bridgehead atoms. The number of carbonyl (C=O) groups is 1. The molecule has 1 aromatic heterocycles. The lowest BCUT2D eigenvalue weighted by Crippen LogP contribution is -2.41. The van der Waals surface area contributed by atoms with Crippen molar-refractivity contribution in [1.29, 1.82) is 0 Å². The minimum absolute atomic E-state index is 0.201. The Morgan fingerprint density at radius 2 is 1.97 bits per heavy atom. The average molecular weight is 441 g/mol. The molecule has 0 spiro atoms. The van der Waals surface area contributed by atoms with Gasteiger partial charge in [0.1, 0.15) is 0 Å². The zero-order valence-electron chi connectivity index (χ0n) is 18.4. The number of ether oxygens (including phenoxy) is 1. The molecule has 172 valence electrons. The molecule has 2 amide bonds. The van der Waals surface area contributed by atoms with Crippen molar-refractivity contribution in [3.05, 3.63) is 58.8 Å². The molecule has 9 heteroatoms. The van der Waals surface area contributed by atoms with Crippen LogP contribution in [0.2, 0.25) is 0 Å². The average Bonchev–Trinajstić information content (AvgIpc) is 3.27. The van der Waals surface area contributed by atoms with Gasteiger partial charge in [0.2, 0.25) is 0 Å². The van der Waals surface area contributed by atoms with Crippen LogP contribution in [-0.2, 0) is 11.3 Å². The fourth-order valence-corrected chi connectivity index (χ4v) is 4.25. The van der Waals surface area contributed by atoms with Crippen molar-refractivity contribution in [2.45, 2.75) is 13.0 Å². The van der Waals surface area contributed by atoms with Crippen molar-refractivity contribution in [2.24, 2.45) is 5.92 Å². The molecule has 2 fully saturated rings. The van der Waals surface area contributed by atoms with Crippen LogP contribution in [0.5, 0.6) is 0 Å². The fraction of sp³-hybridized carbons (Fsp3) is 0.522. The molecule has 2 N–H and O–H groups in total. The second-order valence-corrected chi connectivity index (χ2v) is 8.47. The van der Waals surface area contributed by atoms with E-state index >= 15 is 0 Å². The molecule has 1 aromatic carbocycles. The molecule has 0 aliphatic carbocycles. The van der Waals surface area contributed by atoms with E-state index in [4.69, 9.17) is 4.74 Å². The van der Waals surface area contributed by atoms with E-state index in [2.05, 4.69) is 25.4 Å². The van der Waals surface area contributed by atoms with Gasteiger partial charge in [-0.3, -0.25) is 9.47 Å². The van der Waals surface area contributed by atoms with Crippen molar-refractivity contribution in [1.82, 2.24) is 24.7 Å². The highest BCUT2D eigenvalue weighted by molar-refractivity contribution is 5.89. The molecule has 0 radical (unpaired) electrons. The van der Waals surface area contributed by atoms with E-state index in [0.29, 0.717) is 24.7 Å². The van der Waals surface area contributed by atoms with Crippen LogP contribution in [0.25, 0.3) is 0 Å². The van der Waals surface area contributed by atoms with Crippen molar-refractivity contribution in [3.63, 3.8) is 0 Å². The third-order valence-corrected chi connectivity index (χ3v) is 6.08. The molecule has 0 saturated carbocycles. The Morgan fingerprint density at radius 3 is 2.81 bits per heavy atom. The number of amides is 2. The molecule has 4 rings (SSSR count). The Hall–Kier alpha value is -2.75. The van der Waals surface area contributed by atoms with Crippen LogP contribution in [0.4, 0.5) is 10.5 Å². The van der Waals surface area contributed by atoms with E-state index in [-0.39, 0.29) is 11.7 Å². The van der Waals surface area contributed by atoms with Gasteiger partial charge in [-0.15, -0.1) is 0 Å². The van der Waals surface area contributed by atoms with Gasteiger partial charge < -0.3 is 20.3 Å². The van der Waals surface area contributed by atoms with Crippen molar-refractivity contribution in [3.8, 4) is 0 Å². The van der Waals surface area contributed by atoms with Gasteiger partial charge in [-0.25, -0.2) is 14.6 Å². The number of likely N-dealkylation sites (tertiary alicyclic amines) is 1. The summed E-state index contributed by atoms with van der Waals surface area (Å²) in [6.45, 7) is 9.10. The molecule has 2 aliphatic heterocycles. The zero-order valence-corrected chi connectivity index (χ0v) is 18.4. The van der Waals surface area contributed by atoms with Crippen LogP contribution >= 0.6 is 0 Å². The number of morpholine rings is 1. The lowest BCUT2D eigenvalue weighted by atomic mass is 10.1. The number of anilines is 1. The quantitative estimate of drug-likeness (QED) is 0.638. The summed E-state index contributed by atoms with van der Waals surface area (Å²) in [5, 5.41) is 5.91. The minimum Gasteiger partial charge on any atom is -0.379 e. The zero-order chi connectivity index (χ0) is 22.2. The first kappa shape index (κ1) is 22.4. The number of rotatable bonds is 8. The van der Waals surface area contributed by atoms with Gasteiger partial charge in [0.05, 0.1) is 19.8 Å². The number of nitrogens with one attached hydrogen (secondary N) is 2. The number of urea groups is 1. The second-order valence-electron chi connectivity index (χ2n) is 8.47. The van der Waals surface area contributed by atoms with Gasteiger partial charge in [0, 0.05) is 57.3 Å². The molecule has 2 saturated heterocycles. The molecule has 0 unspecified atom stereocenters. The van der Waals surface area contributed by atoms with E-state index in [9.17, 15) is 9.59 Å². The largest absolute Gasteiger partial charge is 0.379 e. The van der Waals surface area contributed by atoms with E-state index in [1.807, 2.05) is 24.3 Å². The number of hydrogen-bond acceptors (Lipinski definition) is 6. The first-order valence-electron chi connectivity index (χ1n) is 11.3. The molecule has 32 heavy (non-hydrogen) atoms. The third kappa shape index (κ3) is 6.62. The summed E-state index contributed by atoms with van der Waals surface area (Å²) in [6.07, 6.45) is 4.29. The Labute approximate surface area is 188 Å². The van der Waals surface area contributed by atoms with E-state index in [1.54, 1.807) is 12.3 Å². The SMILES string of the molecule is O=C(NC[C@@H]1CCN(CCN2CCOCC2)C1)Nc1cccc(Cn2cccnc2=O)c1. The summed E-state index contributed by atoms with van der Waals surface area (Å²) < 4.78 is 6.94. The summed E-state index contributed by atoms with van der Waals surface area (Å²) in [5.41, 5.74) is 1.33.